The lowest BCUT2D eigenvalue weighted by Crippen LogP contribution is -2.54. The van der Waals surface area contributed by atoms with Crippen molar-refractivity contribution in [3.63, 3.8) is 0 Å². The number of rotatable bonds is 5. The van der Waals surface area contributed by atoms with E-state index in [1.807, 2.05) is 30.3 Å². The molecule has 0 bridgehead atoms. The molecule has 0 radical (unpaired) electrons. The molecule has 140 valence electrons. The second kappa shape index (κ2) is 8.93. The van der Waals surface area contributed by atoms with E-state index in [1.165, 1.54) is 6.08 Å². The summed E-state index contributed by atoms with van der Waals surface area (Å²) in [7, 11) is 0. The van der Waals surface area contributed by atoms with Gasteiger partial charge >= 0.3 is 0 Å². The van der Waals surface area contributed by atoms with E-state index in [4.69, 9.17) is 0 Å². The number of benzene rings is 1. The molecule has 0 spiro atoms. The highest BCUT2D eigenvalue weighted by Gasteiger charge is 2.26. The van der Waals surface area contributed by atoms with Crippen molar-refractivity contribution < 1.29 is 9.59 Å². The van der Waals surface area contributed by atoms with Crippen LogP contribution < -0.4 is 10.2 Å². The number of hydrogen-bond acceptors (Lipinski definition) is 5. The number of piperazine rings is 1. The number of nitrogens with one attached hydrogen (secondary N) is 1. The van der Waals surface area contributed by atoms with Crippen LogP contribution in [0.1, 0.15) is 12.5 Å². The molecule has 1 aliphatic rings. The molecule has 1 aromatic heterocycles. The third kappa shape index (κ3) is 5.13. The van der Waals surface area contributed by atoms with E-state index in [2.05, 4.69) is 20.2 Å². The number of nitrogens with zero attached hydrogens (tertiary/aromatic N) is 4. The van der Waals surface area contributed by atoms with Crippen molar-refractivity contribution in [3.05, 3.63) is 60.4 Å². The van der Waals surface area contributed by atoms with Crippen molar-refractivity contribution in [1.29, 1.82) is 0 Å². The van der Waals surface area contributed by atoms with E-state index >= 15 is 0 Å². The topological polar surface area (TPSA) is 78.4 Å². The van der Waals surface area contributed by atoms with Crippen LogP contribution in [0.3, 0.4) is 0 Å². The SMILES string of the molecule is CC(NC(=O)C=Cc1ccccc1)C(=O)N1CCN(c2ncccn2)CC1. The van der Waals surface area contributed by atoms with Crippen LogP contribution >= 0.6 is 0 Å². The quantitative estimate of drug-likeness (QED) is 0.809. The fraction of sp³-hybridized carbons (Fsp3) is 0.300. The number of aromatic nitrogens is 2. The molecule has 0 saturated carbocycles. The largest absolute Gasteiger partial charge is 0.341 e. The zero-order valence-electron chi connectivity index (χ0n) is 15.3. The first kappa shape index (κ1) is 18.6. The standard InChI is InChI=1S/C20H23N5O2/c1-16(23-18(26)9-8-17-6-3-2-4-7-17)19(27)24-12-14-25(15-13-24)20-21-10-5-11-22-20/h2-11,16H,12-15H2,1H3,(H,23,26). The molecule has 27 heavy (non-hydrogen) atoms. The van der Waals surface area contributed by atoms with E-state index in [9.17, 15) is 9.59 Å². The molecule has 0 aliphatic carbocycles. The van der Waals surface area contributed by atoms with Gasteiger partial charge in [-0.2, -0.15) is 0 Å². The lowest BCUT2D eigenvalue weighted by Gasteiger charge is -2.35. The number of amides is 2. The van der Waals surface area contributed by atoms with Crippen LogP contribution in [0.15, 0.2) is 54.9 Å². The Morgan fingerprint density at radius 2 is 1.70 bits per heavy atom. The molecule has 2 amide bonds. The molecular formula is C20H23N5O2. The predicted molar refractivity (Wildman–Crippen MR) is 104 cm³/mol. The van der Waals surface area contributed by atoms with Gasteiger partial charge < -0.3 is 15.1 Å². The van der Waals surface area contributed by atoms with Crippen LogP contribution in [0.5, 0.6) is 0 Å². The Hall–Kier alpha value is -3.22. The lowest BCUT2D eigenvalue weighted by atomic mass is 10.2. The minimum Gasteiger partial charge on any atom is -0.341 e. The zero-order valence-corrected chi connectivity index (χ0v) is 15.3. The first-order valence-electron chi connectivity index (χ1n) is 8.98. The van der Waals surface area contributed by atoms with Crippen molar-refractivity contribution in [1.82, 2.24) is 20.2 Å². The predicted octanol–water partition coefficient (Wildman–Crippen LogP) is 1.34. The van der Waals surface area contributed by atoms with Crippen LogP contribution in [0.2, 0.25) is 0 Å². The summed E-state index contributed by atoms with van der Waals surface area (Å²) < 4.78 is 0. The van der Waals surface area contributed by atoms with Gasteiger partial charge in [-0.1, -0.05) is 30.3 Å². The third-order valence-corrected chi connectivity index (χ3v) is 4.38. The Labute approximate surface area is 158 Å². The number of anilines is 1. The number of carbonyl (C=O) groups is 2. The zero-order chi connectivity index (χ0) is 19.1. The number of carbonyl (C=O) groups excluding carboxylic acids is 2. The van der Waals surface area contributed by atoms with Crippen molar-refractivity contribution in [2.45, 2.75) is 13.0 Å². The molecule has 1 unspecified atom stereocenters. The van der Waals surface area contributed by atoms with E-state index in [0.717, 1.165) is 5.56 Å². The maximum absolute atomic E-state index is 12.6. The molecule has 1 aliphatic heterocycles. The Kier molecular flexibility index (Phi) is 6.14. The van der Waals surface area contributed by atoms with Crippen LogP contribution in [-0.4, -0.2) is 58.9 Å². The molecule has 1 saturated heterocycles. The van der Waals surface area contributed by atoms with Gasteiger partial charge in [0.05, 0.1) is 0 Å². The molecule has 2 heterocycles. The maximum atomic E-state index is 12.6. The van der Waals surface area contributed by atoms with E-state index < -0.39 is 6.04 Å². The first-order valence-corrected chi connectivity index (χ1v) is 8.98. The third-order valence-electron chi connectivity index (χ3n) is 4.38. The second-order valence-corrected chi connectivity index (χ2v) is 6.34. The van der Waals surface area contributed by atoms with Crippen molar-refractivity contribution in [2.24, 2.45) is 0 Å². The molecule has 1 fully saturated rings. The summed E-state index contributed by atoms with van der Waals surface area (Å²) in [6.07, 6.45) is 6.59. The molecule has 1 aromatic carbocycles. The molecular weight excluding hydrogens is 342 g/mol. The summed E-state index contributed by atoms with van der Waals surface area (Å²) in [5, 5.41) is 2.73. The Bertz CT molecular complexity index is 787. The van der Waals surface area contributed by atoms with E-state index in [0.29, 0.717) is 32.1 Å². The average molecular weight is 365 g/mol. The molecule has 2 aromatic rings. The highest BCUT2D eigenvalue weighted by atomic mass is 16.2. The van der Waals surface area contributed by atoms with Crippen molar-refractivity contribution in [2.75, 3.05) is 31.1 Å². The van der Waals surface area contributed by atoms with Gasteiger partial charge in [-0.05, 0) is 24.6 Å². The molecule has 7 nitrogen and oxygen atoms in total. The van der Waals surface area contributed by atoms with E-state index in [1.54, 1.807) is 36.4 Å². The Morgan fingerprint density at radius 3 is 2.37 bits per heavy atom. The summed E-state index contributed by atoms with van der Waals surface area (Å²) in [6.45, 7) is 4.21. The maximum Gasteiger partial charge on any atom is 0.244 e. The fourth-order valence-electron chi connectivity index (χ4n) is 2.91. The summed E-state index contributed by atoms with van der Waals surface area (Å²) in [6, 6.07) is 10.8. The van der Waals surface area contributed by atoms with Gasteiger partial charge in [-0.15, -0.1) is 0 Å². The van der Waals surface area contributed by atoms with Crippen LogP contribution in [-0.2, 0) is 9.59 Å². The highest BCUT2D eigenvalue weighted by molar-refractivity contribution is 5.95. The smallest absolute Gasteiger partial charge is 0.244 e. The average Bonchev–Trinajstić information content (AvgIpc) is 2.73. The molecule has 7 heteroatoms. The first-order chi connectivity index (χ1) is 13.1. The minimum atomic E-state index is -0.572. The van der Waals surface area contributed by atoms with Gasteiger partial charge in [-0.25, -0.2) is 9.97 Å². The van der Waals surface area contributed by atoms with Crippen molar-refractivity contribution >= 4 is 23.8 Å². The van der Waals surface area contributed by atoms with Crippen LogP contribution in [0.25, 0.3) is 6.08 Å². The summed E-state index contributed by atoms with van der Waals surface area (Å²) >= 11 is 0. The summed E-state index contributed by atoms with van der Waals surface area (Å²) in [5.74, 6) is 0.318. The van der Waals surface area contributed by atoms with Gasteiger partial charge in [0.25, 0.3) is 0 Å². The van der Waals surface area contributed by atoms with Gasteiger partial charge in [-0.3, -0.25) is 9.59 Å². The number of hydrogen-bond donors (Lipinski definition) is 1. The van der Waals surface area contributed by atoms with E-state index in [-0.39, 0.29) is 11.8 Å². The molecule has 1 N–H and O–H groups in total. The van der Waals surface area contributed by atoms with Crippen LogP contribution in [0.4, 0.5) is 5.95 Å². The molecule has 1 atom stereocenters. The van der Waals surface area contributed by atoms with Gasteiger partial charge in [0.1, 0.15) is 6.04 Å². The Morgan fingerprint density at radius 1 is 1.04 bits per heavy atom. The van der Waals surface area contributed by atoms with Crippen molar-refractivity contribution in [3.8, 4) is 0 Å². The normalized spacial score (nSPS) is 15.6. The minimum absolute atomic E-state index is 0.0786. The fourth-order valence-corrected chi connectivity index (χ4v) is 2.91. The van der Waals surface area contributed by atoms with Gasteiger partial charge in [0.15, 0.2) is 0 Å². The van der Waals surface area contributed by atoms with Gasteiger partial charge in [0.2, 0.25) is 17.8 Å². The van der Waals surface area contributed by atoms with Gasteiger partial charge in [0, 0.05) is 44.6 Å². The monoisotopic (exact) mass is 365 g/mol. The summed E-state index contributed by atoms with van der Waals surface area (Å²) in [5.41, 5.74) is 0.936. The second-order valence-electron chi connectivity index (χ2n) is 6.34. The Balaban J connectivity index is 1.48. The summed E-state index contributed by atoms with van der Waals surface area (Å²) in [4.78, 5) is 36.9. The van der Waals surface area contributed by atoms with Crippen LogP contribution in [0, 0.1) is 0 Å². The lowest BCUT2D eigenvalue weighted by molar-refractivity contribution is -0.135. The highest BCUT2D eigenvalue weighted by Crippen LogP contribution is 2.10. The molecule has 3 rings (SSSR count).